The van der Waals surface area contributed by atoms with Crippen molar-refractivity contribution >= 4 is 0 Å². The predicted molar refractivity (Wildman–Crippen MR) is 47.1 cm³/mol. The van der Waals surface area contributed by atoms with Gasteiger partial charge < -0.3 is 5.73 Å². The SMILES string of the molecule is CC(N)[C@@H]1C[C@@H]2C[C@H]1C2(C)C. The van der Waals surface area contributed by atoms with E-state index < -0.39 is 0 Å². The summed E-state index contributed by atoms with van der Waals surface area (Å²) in [5.41, 5.74) is 6.56. The molecular weight excluding hydrogens is 134 g/mol. The molecule has 1 heteroatoms. The van der Waals surface area contributed by atoms with Gasteiger partial charge in [0.1, 0.15) is 0 Å². The fourth-order valence-electron chi connectivity index (χ4n) is 3.26. The van der Waals surface area contributed by atoms with Crippen molar-refractivity contribution in [3.63, 3.8) is 0 Å². The lowest BCUT2D eigenvalue weighted by molar-refractivity contribution is 0.0358. The van der Waals surface area contributed by atoms with Gasteiger partial charge in [-0.2, -0.15) is 0 Å². The maximum Gasteiger partial charge on any atom is 0.00417 e. The highest BCUT2D eigenvalue weighted by molar-refractivity contribution is 5.08. The van der Waals surface area contributed by atoms with Crippen molar-refractivity contribution in [1.82, 2.24) is 0 Å². The number of fused-ring (bicyclic) bond motifs is 1. The van der Waals surface area contributed by atoms with Crippen LogP contribution >= 0.6 is 0 Å². The molecule has 3 aliphatic rings. The van der Waals surface area contributed by atoms with Crippen molar-refractivity contribution in [3.8, 4) is 0 Å². The van der Waals surface area contributed by atoms with Crippen LogP contribution in [0.25, 0.3) is 0 Å². The van der Waals surface area contributed by atoms with Gasteiger partial charge in [0.15, 0.2) is 0 Å². The largest absolute Gasteiger partial charge is 0.328 e. The summed E-state index contributed by atoms with van der Waals surface area (Å²) in [7, 11) is 0. The summed E-state index contributed by atoms with van der Waals surface area (Å²) in [6.07, 6.45) is 2.86. The van der Waals surface area contributed by atoms with Crippen LogP contribution in [0, 0.1) is 23.2 Å². The molecule has 0 heterocycles. The maximum atomic E-state index is 5.94. The highest BCUT2D eigenvalue weighted by atomic mass is 14.7. The lowest BCUT2D eigenvalue weighted by Gasteiger charge is -2.45. The van der Waals surface area contributed by atoms with E-state index in [1.165, 1.54) is 12.8 Å². The van der Waals surface area contributed by atoms with Crippen LogP contribution in [0.15, 0.2) is 0 Å². The molecule has 0 amide bonds. The molecule has 3 fully saturated rings. The van der Waals surface area contributed by atoms with Crippen molar-refractivity contribution < 1.29 is 0 Å². The van der Waals surface area contributed by atoms with Gasteiger partial charge in [0.05, 0.1) is 0 Å². The van der Waals surface area contributed by atoms with Crippen LogP contribution in [0.2, 0.25) is 0 Å². The first-order valence-corrected chi connectivity index (χ1v) is 4.79. The Morgan fingerprint density at radius 2 is 2.00 bits per heavy atom. The van der Waals surface area contributed by atoms with Crippen molar-refractivity contribution in [1.29, 1.82) is 0 Å². The van der Waals surface area contributed by atoms with Crippen LogP contribution in [0.5, 0.6) is 0 Å². The molecule has 3 rings (SSSR count). The molecule has 0 aromatic carbocycles. The fourth-order valence-corrected chi connectivity index (χ4v) is 3.26. The Hall–Kier alpha value is -0.0400. The van der Waals surface area contributed by atoms with Crippen molar-refractivity contribution in [2.45, 2.75) is 39.7 Å². The average Bonchev–Trinajstić information content (AvgIpc) is 2.40. The van der Waals surface area contributed by atoms with Crippen LogP contribution in [0.3, 0.4) is 0 Å². The average molecular weight is 153 g/mol. The summed E-state index contributed by atoms with van der Waals surface area (Å²) in [4.78, 5) is 0. The van der Waals surface area contributed by atoms with E-state index in [9.17, 15) is 0 Å². The fraction of sp³-hybridized carbons (Fsp3) is 1.00. The zero-order valence-electron chi connectivity index (χ0n) is 7.80. The minimum Gasteiger partial charge on any atom is -0.328 e. The van der Waals surface area contributed by atoms with Crippen LogP contribution in [0.1, 0.15) is 33.6 Å². The number of rotatable bonds is 1. The zero-order valence-corrected chi connectivity index (χ0v) is 7.80. The van der Waals surface area contributed by atoms with E-state index in [1.807, 2.05) is 0 Å². The smallest absolute Gasteiger partial charge is 0.00417 e. The molecule has 3 saturated carbocycles. The van der Waals surface area contributed by atoms with Crippen molar-refractivity contribution in [2.75, 3.05) is 0 Å². The van der Waals surface area contributed by atoms with E-state index in [0.29, 0.717) is 11.5 Å². The Balaban J connectivity index is 2.12. The van der Waals surface area contributed by atoms with Gasteiger partial charge in [-0.1, -0.05) is 13.8 Å². The normalized spacial score (nSPS) is 48.5. The van der Waals surface area contributed by atoms with Gasteiger partial charge in [-0.15, -0.1) is 0 Å². The third-order valence-corrected chi connectivity index (χ3v) is 4.30. The van der Waals surface area contributed by atoms with Crippen LogP contribution in [-0.2, 0) is 0 Å². The molecule has 0 aromatic rings. The first-order chi connectivity index (χ1) is 5.03. The molecule has 1 unspecified atom stereocenters. The lowest BCUT2D eigenvalue weighted by Crippen LogP contribution is -2.41. The first-order valence-electron chi connectivity index (χ1n) is 4.79. The van der Waals surface area contributed by atoms with Crippen LogP contribution in [-0.4, -0.2) is 6.04 Å². The van der Waals surface area contributed by atoms with Gasteiger partial charge >= 0.3 is 0 Å². The Kier molecular flexibility index (Phi) is 1.39. The third kappa shape index (κ3) is 0.807. The predicted octanol–water partition coefficient (Wildman–Crippen LogP) is 2.02. The topological polar surface area (TPSA) is 26.0 Å². The molecule has 11 heavy (non-hydrogen) atoms. The van der Waals surface area contributed by atoms with Gasteiger partial charge in [0.2, 0.25) is 0 Å². The highest BCUT2D eigenvalue weighted by Crippen LogP contribution is 2.65. The highest BCUT2D eigenvalue weighted by Gasteiger charge is 2.58. The molecule has 64 valence electrons. The summed E-state index contributed by atoms with van der Waals surface area (Å²) >= 11 is 0. The molecule has 0 aromatic heterocycles. The molecule has 4 atom stereocenters. The Morgan fingerprint density at radius 3 is 2.18 bits per heavy atom. The van der Waals surface area contributed by atoms with Crippen LogP contribution < -0.4 is 5.73 Å². The van der Waals surface area contributed by atoms with Gasteiger partial charge in [0.25, 0.3) is 0 Å². The van der Waals surface area contributed by atoms with Gasteiger partial charge in [0, 0.05) is 6.04 Å². The minimum absolute atomic E-state index is 0.423. The van der Waals surface area contributed by atoms with Gasteiger partial charge in [-0.05, 0) is 42.9 Å². The minimum atomic E-state index is 0.423. The standard InChI is InChI=1S/C10H19N/c1-6(11)8-4-7-5-9(8)10(7,2)3/h6-9H,4-5,11H2,1-3H3/t6?,7-,8+,9-/m1/s1. The molecule has 0 aliphatic heterocycles. The number of nitrogens with two attached hydrogens (primary N) is 1. The summed E-state index contributed by atoms with van der Waals surface area (Å²) in [6, 6.07) is 0.423. The van der Waals surface area contributed by atoms with E-state index >= 15 is 0 Å². The molecule has 1 nitrogen and oxygen atoms in total. The Labute approximate surface area is 69.4 Å². The molecule has 0 saturated heterocycles. The molecule has 2 N–H and O–H groups in total. The van der Waals surface area contributed by atoms with Gasteiger partial charge in [-0.3, -0.25) is 0 Å². The molecular formula is C10H19N. The Bertz CT molecular complexity index is 172. The molecule has 0 spiro atoms. The first kappa shape index (κ1) is 7.60. The quantitative estimate of drug-likeness (QED) is 0.612. The summed E-state index contributed by atoms with van der Waals surface area (Å²) in [6.45, 7) is 6.99. The zero-order chi connectivity index (χ0) is 8.22. The summed E-state index contributed by atoms with van der Waals surface area (Å²) < 4.78 is 0. The monoisotopic (exact) mass is 153 g/mol. The Morgan fingerprint density at radius 1 is 1.36 bits per heavy atom. The van der Waals surface area contributed by atoms with E-state index in [0.717, 1.165) is 17.8 Å². The van der Waals surface area contributed by atoms with Crippen molar-refractivity contribution in [2.24, 2.45) is 28.9 Å². The second-order valence-electron chi connectivity index (χ2n) is 5.12. The van der Waals surface area contributed by atoms with E-state index in [2.05, 4.69) is 20.8 Å². The molecule has 2 bridgehead atoms. The van der Waals surface area contributed by atoms with E-state index in [-0.39, 0.29) is 0 Å². The lowest BCUT2D eigenvalue weighted by atomic mass is 9.60. The van der Waals surface area contributed by atoms with Crippen molar-refractivity contribution in [3.05, 3.63) is 0 Å². The summed E-state index contributed by atoms with van der Waals surface area (Å²) in [5, 5.41) is 0. The van der Waals surface area contributed by atoms with E-state index in [4.69, 9.17) is 5.73 Å². The number of hydrogen-bond donors (Lipinski definition) is 1. The maximum absolute atomic E-state index is 5.94. The second-order valence-corrected chi connectivity index (χ2v) is 5.12. The molecule has 3 aliphatic carbocycles. The summed E-state index contributed by atoms with van der Waals surface area (Å²) in [5.74, 6) is 2.76. The van der Waals surface area contributed by atoms with Gasteiger partial charge in [-0.25, -0.2) is 0 Å². The van der Waals surface area contributed by atoms with E-state index in [1.54, 1.807) is 0 Å². The second kappa shape index (κ2) is 2.01. The molecule has 0 radical (unpaired) electrons. The third-order valence-electron chi connectivity index (χ3n) is 4.30. The number of hydrogen-bond acceptors (Lipinski definition) is 1. The van der Waals surface area contributed by atoms with Crippen LogP contribution in [0.4, 0.5) is 0 Å².